The predicted octanol–water partition coefficient (Wildman–Crippen LogP) is 13.9. The van der Waals surface area contributed by atoms with E-state index in [4.69, 9.17) is 4.98 Å². The molecule has 348 valence electrons. The topological polar surface area (TPSA) is 140 Å². The van der Waals surface area contributed by atoms with E-state index in [1.165, 1.54) is 0 Å². The average molecular weight is 912 g/mol. The van der Waals surface area contributed by atoms with Crippen LogP contribution in [0.4, 0.5) is 5.82 Å². The number of H-pyrrole nitrogens is 3. The highest BCUT2D eigenvalue weighted by atomic mass is 15.1. The molecular weight excluding hydrogens is 851 g/mol. The second-order valence-corrected chi connectivity index (χ2v) is 15.7. The summed E-state index contributed by atoms with van der Waals surface area (Å²) in [7, 11) is 4.02. The molecule has 4 N–H and O–H groups in total. The van der Waals surface area contributed by atoms with Crippen LogP contribution in [0.2, 0.25) is 0 Å². The van der Waals surface area contributed by atoms with Crippen molar-refractivity contribution < 1.29 is 0 Å². The fourth-order valence-corrected chi connectivity index (χ4v) is 7.70. The van der Waals surface area contributed by atoms with Crippen molar-refractivity contribution in [1.29, 1.82) is 0 Å². The van der Waals surface area contributed by atoms with Crippen molar-refractivity contribution in [3.8, 4) is 22.6 Å². The van der Waals surface area contributed by atoms with Crippen molar-refractivity contribution in [2.45, 2.75) is 41.5 Å². The zero-order chi connectivity index (χ0) is 49.5. The summed E-state index contributed by atoms with van der Waals surface area (Å²) >= 11 is 0. The number of anilines is 1. The summed E-state index contributed by atoms with van der Waals surface area (Å²) in [6.45, 7) is 27.9. The number of imidazole rings is 1. The van der Waals surface area contributed by atoms with Crippen molar-refractivity contribution in [2.75, 3.05) is 19.4 Å². The highest BCUT2D eigenvalue weighted by Crippen LogP contribution is 2.33. The Morgan fingerprint density at radius 2 is 1.35 bits per heavy atom. The molecule has 0 radical (unpaired) electrons. The van der Waals surface area contributed by atoms with Crippen molar-refractivity contribution in [3.05, 3.63) is 224 Å². The largest absolute Gasteiger partial charge is 0.378 e. The van der Waals surface area contributed by atoms with E-state index < -0.39 is 0 Å². The van der Waals surface area contributed by atoms with Crippen LogP contribution >= 0.6 is 0 Å². The van der Waals surface area contributed by atoms with Gasteiger partial charge in [-0.1, -0.05) is 94.8 Å². The Hall–Kier alpha value is -8.70. The first-order valence-corrected chi connectivity index (χ1v) is 22.8. The Morgan fingerprint density at radius 3 is 1.99 bits per heavy atom. The maximum absolute atomic E-state index is 4.96. The van der Waals surface area contributed by atoms with Crippen LogP contribution in [0, 0.1) is 13.8 Å². The number of hydrogen-bond acceptors (Lipinski definition) is 8. The van der Waals surface area contributed by atoms with Crippen LogP contribution in [0.1, 0.15) is 67.0 Å². The van der Waals surface area contributed by atoms with Crippen LogP contribution < -0.4 is 5.32 Å². The van der Waals surface area contributed by atoms with E-state index in [2.05, 4.69) is 121 Å². The molecule has 0 aliphatic carbocycles. The number of aromatic amines is 3. The SMILES string of the molecule is C=C/C=C(/c1ccncc1)c1nc(-c2n[nH]c3ccc(C(=C/C)/C=C(\C=C)N(C)C)cc23)[nH]c1C.C=C/C=C\C(=C/C)c1ccc2[nH]nc(C(=C)Nc3nccc(-c4ccncc4)c3C)c2c1.CC. The second kappa shape index (κ2) is 23.7. The van der Waals surface area contributed by atoms with Gasteiger partial charge in [-0.25, -0.2) is 9.97 Å². The first-order chi connectivity index (χ1) is 33.6. The lowest BCUT2D eigenvalue weighted by molar-refractivity contribution is 0.530. The minimum absolute atomic E-state index is 0.680. The van der Waals surface area contributed by atoms with Crippen LogP contribution in [0.25, 0.3) is 66.9 Å². The second-order valence-electron chi connectivity index (χ2n) is 15.7. The number of benzene rings is 2. The number of fused-ring (bicyclic) bond motifs is 2. The van der Waals surface area contributed by atoms with E-state index in [1.807, 2.05) is 121 Å². The van der Waals surface area contributed by atoms with Gasteiger partial charge in [0, 0.05) is 72.8 Å². The first-order valence-electron chi connectivity index (χ1n) is 22.8. The number of hydrogen-bond donors (Lipinski definition) is 4. The molecular formula is C58H61N11. The van der Waals surface area contributed by atoms with Crippen molar-refractivity contribution in [2.24, 2.45) is 0 Å². The molecule has 11 nitrogen and oxygen atoms in total. The van der Waals surface area contributed by atoms with E-state index in [9.17, 15) is 0 Å². The smallest absolute Gasteiger partial charge is 0.159 e. The summed E-state index contributed by atoms with van der Waals surface area (Å²) < 4.78 is 0. The molecule has 8 rings (SSSR count). The van der Waals surface area contributed by atoms with Gasteiger partial charge in [0.2, 0.25) is 0 Å². The number of pyridine rings is 3. The fraction of sp³-hybridized carbons (Fsp3) is 0.138. The zero-order valence-corrected chi connectivity index (χ0v) is 40.9. The van der Waals surface area contributed by atoms with Crippen LogP contribution in [0.15, 0.2) is 184 Å². The summed E-state index contributed by atoms with van der Waals surface area (Å²) in [5.74, 6) is 1.46. The lowest BCUT2D eigenvalue weighted by atomic mass is 10.0. The maximum Gasteiger partial charge on any atom is 0.159 e. The third-order valence-electron chi connectivity index (χ3n) is 11.2. The van der Waals surface area contributed by atoms with Gasteiger partial charge < -0.3 is 15.2 Å². The summed E-state index contributed by atoms with van der Waals surface area (Å²) in [5.41, 5.74) is 16.6. The van der Waals surface area contributed by atoms with E-state index in [0.717, 1.165) is 106 Å². The van der Waals surface area contributed by atoms with Crippen LogP contribution in [0.3, 0.4) is 0 Å². The average Bonchev–Trinajstić information content (AvgIpc) is 4.12. The van der Waals surface area contributed by atoms with Crippen molar-refractivity contribution in [1.82, 2.24) is 50.2 Å². The molecule has 0 amide bonds. The molecule has 0 atom stereocenters. The molecule has 8 aromatic rings. The minimum atomic E-state index is 0.680. The number of allylic oxidation sites excluding steroid dienone is 11. The third kappa shape index (κ3) is 11.5. The summed E-state index contributed by atoms with van der Waals surface area (Å²) in [5, 5.41) is 20.7. The molecule has 0 bridgehead atoms. The number of rotatable bonds is 15. The van der Waals surface area contributed by atoms with Gasteiger partial charge in [0.05, 0.1) is 22.4 Å². The monoisotopic (exact) mass is 912 g/mol. The minimum Gasteiger partial charge on any atom is -0.378 e. The van der Waals surface area contributed by atoms with Crippen molar-refractivity contribution in [3.63, 3.8) is 0 Å². The number of aryl methyl sites for hydroxylation is 1. The molecule has 2 aromatic carbocycles. The van der Waals surface area contributed by atoms with Gasteiger partial charge in [-0.05, 0) is 139 Å². The molecule has 6 aromatic heterocycles. The van der Waals surface area contributed by atoms with Gasteiger partial charge >= 0.3 is 0 Å². The van der Waals surface area contributed by atoms with Gasteiger partial charge in [-0.3, -0.25) is 20.2 Å². The molecule has 0 fully saturated rings. The lowest BCUT2D eigenvalue weighted by Gasteiger charge is -2.14. The highest BCUT2D eigenvalue weighted by Gasteiger charge is 2.19. The molecule has 6 heterocycles. The summed E-state index contributed by atoms with van der Waals surface area (Å²) in [6, 6.07) is 22.5. The maximum atomic E-state index is 4.96. The number of nitrogens with zero attached hydrogens (tertiary/aromatic N) is 7. The molecule has 0 spiro atoms. The summed E-state index contributed by atoms with van der Waals surface area (Å²) in [6.07, 6.45) is 26.6. The van der Waals surface area contributed by atoms with Crippen molar-refractivity contribution >= 4 is 50.0 Å². The Morgan fingerprint density at radius 1 is 0.710 bits per heavy atom. The summed E-state index contributed by atoms with van der Waals surface area (Å²) in [4.78, 5) is 23.2. The number of likely N-dealkylation sites (N-methyl/N-ethyl adjacent to an activating group) is 1. The first kappa shape index (κ1) is 49.7. The number of nitrogens with one attached hydrogen (secondary N) is 4. The Bertz CT molecular complexity index is 3240. The van der Waals surface area contributed by atoms with E-state index >= 15 is 0 Å². The zero-order valence-electron chi connectivity index (χ0n) is 40.9. The molecule has 0 aliphatic heterocycles. The normalized spacial score (nSPS) is 12.0. The van der Waals surface area contributed by atoms with E-state index in [1.54, 1.807) is 43.1 Å². The van der Waals surface area contributed by atoms with Gasteiger partial charge in [-0.15, -0.1) is 0 Å². The van der Waals surface area contributed by atoms with Gasteiger partial charge in [0.1, 0.15) is 17.2 Å². The molecule has 69 heavy (non-hydrogen) atoms. The highest BCUT2D eigenvalue weighted by molar-refractivity contribution is 5.96. The predicted molar refractivity (Wildman–Crippen MR) is 291 cm³/mol. The molecule has 11 heteroatoms. The third-order valence-corrected chi connectivity index (χ3v) is 11.2. The van der Waals surface area contributed by atoms with E-state index in [0.29, 0.717) is 11.5 Å². The quantitative estimate of drug-likeness (QED) is 0.0746. The van der Waals surface area contributed by atoms with Gasteiger partial charge in [-0.2, -0.15) is 10.2 Å². The molecule has 0 saturated carbocycles. The van der Waals surface area contributed by atoms with Crippen LogP contribution in [-0.4, -0.2) is 64.3 Å². The lowest BCUT2D eigenvalue weighted by Crippen LogP contribution is -2.09. The Labute approximate surface area is 406 Å². The van der Waals surface area contributed by atoms with Crippen LogP contribution in [-0.2, 0) is 0 Å². The van der Waals surface area contributed by atoms with E-state index in [-0.39, 0.29) is 0 Å². The standard InChI is InChI=1S/C29H30N6.C27H25N5.C2H6/c1-7-10-24(21-13-15-30-16-14-21)27-19(4)31-29(32-27)28-25-18-22(11-12-26(25)33-34-28)20(8-2)17-23(9-3)35(5)6;1-5-7-8-20(6-2)22-9-10-25-24(17-22)26(32-31-25)19(4)30-27-18(3)23(13-16-29-27)21-11-14-28-15-12-21;1-2/h7-18H,1,3H2,2,4-6H3,(H,31,32)(H,33,34);5-17H,1,4H2,2-3H3,(H,29,30)(H,31,32);1-2H3/b20-8+,23-17+,24-10-;8-7-,20-6+;. The van der Waals surface area contributed by atoms with Crippen LogP contribution in [0.5, 0.6) is 0 Å². The molecule has 0 unspecified atom stereocenters. The molecule has 0 aliphatic rings. The number of aromatic nitrogens is 9. The van der Waals surface area contributed by atoms with Gasteiger partial charge in [0.25, 0.3) is 0 Å². The van der Waals surface area contributed by atoms with Gasteiger partial charge in [0.15, 0.2) is 5.82 Å². The fourth-order valence-electron chi connectivity index (χ4n) is 7.70. The Balaban J connectivity index is 0.000000220. The Kier molecular flexibility index (Phi) is 17.1. The molecule has 0 saturated heterocycles.